The molecule has 0 amide bonds. The van der Waals surface area contributed by atoms with Gasteiger partial charge < -0.3 is 29.7 Å². The van der Waals surface area contributed by atoms with Gasteiger partial charge in [0.25, 0.3) is 0 Å². The molecule has 6 nitrogen and oxygen atoms in total. The fourth-order valence-electron chi connectivity index (χ4n) is 7.15. The third-order valence-electron chi connectivity index (χ3n) is 10.5. The normalized spacial score (nSPS) is 9.49. The first-order valence-electron chi connectivity index (χ1n) is 24.0. The average Bonchev–Trinajstić information content (AvgIpc) is 3.45. The van der Waals surface area contributed by atoms with E-state index in [0.717, 1.165) is 6.08 Å². The summed E-state index contributed by atoms with van der Waals surface area (Å²) in [5.41, 5.74) is 0.0648. The van der Waals surface area contributed by atoms with Gasteiger partial charge in [-0.3, -0.25) is 0 Å². The van der Waals surface area contributed by atoms with Crippen LogP contribution in [-0.4, -0.2) is 77.2 Å². The molecule has 0 N–H and O–H groups in total. The van der Waals surface area contributed by atoms with Crippen molar-refractivity contribution in [1.29, 1.82) is 0 Å². The zero-order chi connectivity index (χ0) is 53.2. The van der Waals surface area contributed by atoms with Crippen molar-refractivity contribution in [3.63, 3.8) is 0 Å². The Morgan fingerprint density at radius 1 is 0.365 bits per heavy atom. The number of hydrogen-bond acceptors (Lipinski definition) is 6. The van der Waals surface area contributed by atoms with Gasteiger partial charge in [0.05, 0.1) is 11.9 Å². The summed E-state index contributed by atoms with van der Waals surface area (Å²) in [4.78, 5) is 28.1. The fraction of sp³-hybridized carbons (Fsp3) is 0.0615. The molecular formula is C65H60O6Sn3. The molecule has 0 bridgehead atoms. The molecule has 9 aromatic rings. The van der Waals surface area contributed by atoms with Crippen LogP contribution >= 0.6 is 0 Å². The molecule has 0 saturated carbocycles. The molecular weight excluding hydrogens is 1230 g/mol. The number of carbonyl (C=O) groups excluding carboxylic acids is 3. The second-order valence-corrected chi connectivity index (χ2v) is 37.4. The predicted molar refractivity (Wildman–Crippen MR) is 307 cm³/mol. The monoisotopic (exact) mass is 1300 g/mol. The molecule has 0 heterocycles. The van der Waals surface area contributed by atoms with Gasteiger partial charge in [0.2, 0.25) is 0 Å². The van der Waals surface area contributed by atoms with Crippen LogP contribution in [0.5, 0.6) is 0 Å². The fourth-order valence-corrected chi connectivity index (χ4v) is 29.2. The molecule has 0 radical (unpaired) electrons. The van der Waals surface area contributed by atoms with E-state index >= 15 is 0 Å². The van der Waals surface area contributed by atoms with E-state index in [0.29, 0.717) is 6.42 Å². The average molecular weight is 1290 g/mol. The van der Waals surface area contributed by atoms with E-state index in [2.05, 4.69) is 286 Å². The van der Waals surface area contributed by atoms with Crippen LogP contribution in [0.2, 0.25) is 0 Å². The molecule has 0 aliphatic heterocycles. The molecule has 74 heavy (non-hydrogen) atoms. The molecule has 9 heteroatoms. The molecule has 9 aromatic carbocycles. The zero-order valence-corrected chi connectivity index (χ0v) is 50.4. The van der Waals surface area contributed by atoms with E-state index in [1.165, 1.54) is 39.1 Å². The standard InChI is InChI=1S/9C6H5.C4H6O2.C4H8O2.C3H4O2.3Sn/c9*1-2-4-6-5-3-1;1-3(2)4(5)6;1-2-3-4(5)6;1-2-3(4)5;;;/h9*1-5H;1H2,2H3,(H,5,6);2-3H2,1H3,(H,5,6);2H,1H2,(H,4,5);;;/q;;;;;;;;;;;;3*+1/p-3. The maximum absolute atomic E-state index is 9.49. The number of carboxylic acids is 3. The summed E-state index contributed by atoms with van der Waals surface area (Å²) in [7, 11) is 0. The Bertz CT molecular complexity index is 2380. The Kier molecular flexibility index (Phi) is 28.6. The van der Waals surface area contributed by atoms with Crippen molar-refractivity contribution in [3.05, 3.63) is 298 Å². The van der Waals surface area contributed by atoms with Crippen molar-refractivity contribution in [2.24, 2.45) is 0 Å². The topological polar surface area (TPSA) is 120 Å². The summed E-state index contributed by atoms with van der Waals surface area (Å²) in [5.74, 6) is -3.38. The van der Waals surface area contributed by atoms with Crippen molar-refractivity contribution in [1.82, 2.24) is 0 Å². The third kappa shape index (κ3) is 22.2. The van der Waals surface area contributed by atoms with Gasteiger partial charge in [0.15, 0.2) is 0 Å². The minimum absolute atomic E-state index is 0.0648. The molecule has 0 spiro atoms. The molecule has 0 aliphatic carbocycles. The van der Waals surface area contributed by atoms with Crippen LogP contribution in [0.4, 0.5) is 0 Å². The van der Waals surface area contributed by atoms with E-state index < -0.39 is 77.2 Å². The van der Waals surface area contributed by atoms with Gasteiger partial charge in [-0.05, 0) is 25.0 Å². The summed E-state index contributed by atoms with van der Waals surface area (Å²) >= 11 is -5.94. The van der Waals surface area contributed by atoms with E-state index in [4.69, 9.17) is 9.90 Å². The Balaban J connectivity index is 0.000000208. The van der Waals surface area contributed by atoms with E-state index in [9.17, 15) is 19.8 Å². The number of carbonyl (C=O) groups is 3. The van der Waals surface area contributed by atoms with Crippen molar-refractivity contribution in [2.45, 2.75) is 26.7 Å². The van der Waals surface area contributed by atoms with Gasteiger partial charge in [-0.1, -0.05) is 26.5 Å². The SMILES string of the molecule is C=C(C)C(=O)[O-].C=CC(=O)[O-].CCCC(=O)[O-].c1cc[c]([Sn+]([c]2ccccc2)[c]2ccccc2)cc1.c1cc[c]([Sn+]([c]2ccccc2)[c]2ccccc2)cc1.c1cc[c]([Sn+]([c]2ccccc2)[c]2ccccc2)cc1. The summed E-state index contributed by atoms with van der Waals surface area (Å²) in [6.45, 7) is 9.18. The molecule has 9 rings (SSSR count). The molecule has 0 aromatic heterocycles. The van der Waals surface area contributed by atoms with E-state index in [-0.39, 0.29) is 12.0 Å². The third-order valence-corrected chi connectivity index (χ3v) is 33.9. The maximum atomic E-state index is 9.49. The van der Waals surface area contributed by atoms with E-state index in [1.807, 2.05) is 0 Å². The van der Waals surface area contributed by atoms with Gasteiger partial charge in [-0.25, -0.2) is 0 Å². The summed E-state index contributed by atoms with van der Waals surface area (Å²) in [5, 5.41) is 28.1. The second kappa shape index (κ2) is 35.4. The first-order chi connectivity index (χ1) is 36.0. The predicted octanol–water partition coefficient (Wildman–Crippen LogP) is 4.38. The minimum atomic E-state index is -1.98. The van der Waals surface area contributed by atoms with Crippen LogP contribution < -0.4 is 47.5 Å². The molecule has 0 unspecified atom stereocenters. The van der Waals surface area contributed by atoms with Gasteiger partial charge >= 0.3 is 364 Å². The number of carboxylic acid groups (broad SMARTS) is 3. The Morgan fingerprint density at radius 3 is 0.568 bits per heavy atom. The number of aliphatic carboxylic acids is 3. The van der Waals surface area contributed by atoms with Crippen LogP contribution in [0.25, 0.3) is 0 Å². The van der Waals surface area contributed by atoms with Crippen molar-refractivity contribution >= 4 is 109 Å². The molecule has 0 saturated heterocycles. The Morgan fingerprint density at radius 2 is 0.500 bits per heavy atom. The molecule has 0 atom stereocenters. The van der Waals surface area contributed by atoms with Crippen molar-refractivity contribution in [3.8, 4) is 0 Å². The first-order valence-corrected chi connectivity index (χ1v) is 36.9. The number of rotatable bonds is 13. The van der Waals surface area contributed by atoms with Crippen LogP contribution in [-0.2, 0) is 14.4 Å². The second-order valence-electron chi connectivity index (χ2n) is 16.1. The van der Waals surface area contributed by atoms with Gasteiger partial charge in [-0.15, -0.1) is 0 Å². The van der Waals surface area contributed by atoms with Crippen LogP contribution in [0.3, 0.4) is 0 Å². The Hall–Kier alpha value is -6.73. The van der Waals surface area contributed by atoms with Crippen molar-refractivity contribution in [2.75, 3.05) is 0 Å². The number of hydrogen-bond donors (Lipinski definition) is 0. The summed E-state index contributed by atoms with van der Waals surface area (Å²) in [6.07, 6.45) is 1.57. The molecule has 0 aliphatic rings. The van der Waals surface area contributed by atoms with Gasteiger partial charge in [0, 0.05) is 5.97 Å². The van der Waals surface area contributed by atoms with Crippen LogP contribution in [0.1, 0.15) is 26.7 Å². The van der Waals surface area contributed by atoms with Crippen LogP contribution in [0.15, 0.2) is 298 Å². The quantitative estimate of drug-likeness (QED) is 0.125. The Labute approximate surface area is 459 Å². The van der Waals surface area contributed by atoms with E-state index in [1.54, 1.807) is 6.92 Å². The number of benzene rings is 9. The molecule has 0 fully saturated rings. The first kappa shape index (κ1) is 59.8. The van der Waals surface area contributed by atoms with Gasteiger partial charge in [0.1, 0.15) is 0 Å². The van der Waals surface area contributed by atoms with Crippen LogP contribution in [0, 0.1) is 0 Å². The van der Waals surface area contributed by atoms with Crippen molar-refractivity contribution < 1.29 is 29.7 Å². The zero-order valence-electron chi connectivity index (χ0n) is 41.8. The van der Waals surface area contributed by atoms with Gasteiger partial charge in [-0.2, -0.15) is 0 Å². The summed E-state index contributed by atoms with van der Waals surface area (Å²) in [6, 6.07) is 98.8. The summed E-state index contributed by atoms with van der Waals surface area (Å²) < 4.78 is 13.8. The molecule has 368 valence electrons.